The van der Waals surface area contributed by atoms with E-state index >= 15 is 0 Å². The minimum absolute atomic E-state index is 0.418. The Balaban J connectivity index is 2.64. The van der Waals surface area contributed by atoms with Gasteiger partial charge in [-0.25, -0.2) is 0 Å². The van der Waals surface area contributed by atoms with E-state index in [0.717, 1.165) is 6.42 Å². The highest BCUT2D eigenvalue weighted by atomic mass is 16.3. The predicted molar refractivity (Wildman–Crippen MR) is 55.8 cm³/mol. The molecule has 0 spiro atoms. The van der Waals surface area contributed by atoms with E-state index in [1.807, 2.05) is 32.0 Å². The Morgan fingerprint density at radius 1 is 1.23 bits per heavy atom. The van der Waals surface area contributed by atoms with Crippen molar-refractivity contribution in [2.75, 3.05) is 0 Å². The fourth-order valence-corrected chi connectivity index (χ4v) is 1.65. The Morgan fingerprint density at radius 2 is 1.77 bits per heavy atom. The van der Waals surface area contributed by atoms with Crippen molar-refractivity contribution in [2.24, 2.45) is 0 Å². The van der Waals surface area contributed by atoms with Crippen LogP contribution in [0.15, 0.2) is 30.3 Å². The van der Waals surface area contributed by atoms with Crippen molar-refractivity contribution in [3.8, 4) is 0 Å². The van der Waals surface area contributed by atoms with Crippen molar-refractivity contribution in [1.29, 1.82) is 0 Å². The molecule has 0 heterocycles. The van der Waals surface area contributed by atoms with Gasteiger partial charge in [0.15, 0.2) is 0 Å². The number of hydrogen-bond donors (Lipinski definition) is 1. The van der Waals surface area contributed by atoms with Crippen molar-refractivity contribution in [1.82, 2.24) is 0 Å². The van der Waals surface area contributed by atoms with Crippen LogP contribution in [0.5, 0.6) is 0 Å². The summed E-state index contributed by atoms with van der Waals surface area (Å²) in [5.74, 6) is 0.418. The predicted octanol–water partition coefficient (Wildman–Crippen LogP) is 2.95. The second-order valence-corrected chi connectivity index (χ2v) is 4.33. The van der Waals surface area contributed by atoms with Crippen LogP contribution in [-0.4, -0.2) is 10.7 Å². The fraction of sp³-hybridized carbons (Fsp3) is 0.500. The van der Waals surface area contributed by atoms with E-state index in [1.54, 1.807) is 0 Å². The van der Waals surface area contributed by atoms with E-state index in [1.165, 1.54) is 5.56 Å². The number of rotatable bonds is 3. The Hall–Kier alpha value is -0.820. The quantitative estimate of drug-likeness (QED) is 0.754. The van der Waals surface area contributed by atoms with Gasteiger partial charge in [0.05, 0.1) is 5.60 Å². The minimum atomic E-state index is -0.574. The molecule has 1 N–H and O–H groups in total. The second kappa shape index (κ2) is 3.93. The summed E-state index contributed by atoms with van der Waals surface area (Å²) in [5, 5.41) is 9.65. The van der Waals surface area contributed by atoms with Gasteiger partial charge in [0.1, 0.15) is 0 Å². The van der Waals surface area contributed by atoms with Crippen LogP contribution in [0.4, 0.5) is 0 Å². The Morgan fingerprint density at radius 3 is 2.23 bits per heavy atom. The highest BCUT2D eigenvalue weighted by Crippen LogP contribution is 2.24. The molecule has 1 atom stereocenters. The molecule has 0 unspecified atom stereocenters. The molecule has 13 heavy (non-hydrogen) atoms. The van der Waals surface area contributed by atoms with E-state index in [4.69, 9.17) is 0 Å². The molecule has 1 heteroatoms. The van der Waals surface area contributed by atoms with Crippen LogP contribution >= 0.6 is 0 Å². The third kappa shape index (κ3) is 3.60. The van der Waals surface area contributed by atoms with Gasteiger partial charge in [-0.05, 0) is 31.7 Å². The van der Waals surface area contributed by atoms with Gasteiger partial charge in [0.25, 0.3) is 0 Å². The zero-order chi connectivity index (χ0) is 9.90. The SMILES string of the molecule is C[C@H](CC(C)(C)O)c1ccccc1. The molecule has 0 saturated carbocycles. The Kier molecular flexibility index (Phi) is 3.10. The first-order valence-corrected chi connectivity index (χ1v) is 4.76. The largest absolute Gasteiger partial charge is 0.390 e. The van der Waals surface area contributed by atoms with Crippen LogP contribution < -0.4 is 0 Å². The van der Waals surface area contributed by atoms with Gasteiger partial charge in [-0.15, -0.1) is 0 Å². The fourth-order valence-electron chi connectivity index (χ4n) is 1.65. The van der Waals surface area contributed by atoms with Gasteiger partial charge in [-0.1, -0.05) is 37.3 Å². The maximum atomic E-state index is 9.65. The Bertz CT molecular complexity index is 246. The molecule has 72 valence electrons. The summed E-state index contributed by atoms with van der Waals surface area (Å²) in [6.45, 7) is 5.85. The lowest BCUT2D eigenvalue weighted by Gasteiger charge is -2.22. The van der Waals surface area contributed by atoms with Crippen LogP contribution in [0, 0.1) is 0 Å². The van der Waals surface area contributed by atoms with Crippen molar-refractivity contribution < 1.29 is 5.11 Å². The first kappa shape index (κ1) is 10.3. The van der Waals surface area contributed by atoms with Crippen molar-refractivity contribution in [2.45, 2.75) is 38.7 Å². The van der Waals surface area contributed by atoms with Gasteiger partial charge < -0.3 is 5.11 Å². The lowest BCUT2D eigenvalue weighted by Crippen LogP contribution is -2.21. The van der Waals surface area contributed by atoms with Crippen LogP contribution in [0.25, 0.3) is 0 Å². The van der Waals surface area contributed by atoms with Gasteiger partial charge >= 0.3 is 0 Å². The van der Waals surface area contributed by atoms with Crippen LogP contribution in [0.2, 0.25) is 0 Å². The Labute approximate surface area is 80.4 Å². The van der Waals surface area contributed by atoms with E-state index in [2.05, 4.69) is 19.1 Å². The normalized spacial score (nSPS) is 14.2. The molecule has 0 aliphatic rings. The maximum absolute atomic E-state index is 9.65. The maximum Gasteiger partial charge on any atom is 0.0597 e. The number of benzene rings is 1. The van der Waals surface area contributed by atoms with E-state index < -0.39 is 5.60 Å². The summed E-state index contributed by atoms with van der Waals surface area (Å²) < 4.78 is 0. The standard InChI is InChI=1S/C12H18O/c1-10(9-12(2,3)13)11-7-5-4-6-8-11/h4-8,10,13H,9H2,1-3H3/t10-/m1/s1. The highest BCUT2D eigenvalue weighted by Gasteiger charge is 2.17. The number of hydrogen-bond acceptors (Lipinski definition) is 1. The third-order valence-corrected chi connectivity index (χ3v) is 2.17. The molecule has 0 saturated heterocycles. The number of aliphatic hydroxyl groups is 1. The monoisotopic (exact) mass is 178 g/mol. The van der Waals surface area contributed by atoms with Gasteiger partial charge in [-0.3, -0.25) is 0 Å². The first-order valence-electron chi connectivity index (χ1n) is 4.76. The van der Waals surface area contributed by atoms with E-state index in [9.17, 15) is 5.11 Å². The lowest BCUT2D eigenvalue weighted by molar-refractivity contribution is 0.0647. The zero-order valence-electron chi connectivity index (χ0n) is 8.62. The third-order valence-electron chi connectivity index (χ3n) is 2.17. The smallest absolute Gasteiger partial charge is 0.0597 e. The van der Waals surface area contributed by atoms with Crippen molar-refractivity contribution in [3.63, 3.8) is 0 Å². The van der Waals surface area contributed by atoms with E-state index in [0.29, 0.717) is 5.92 Å². The van der Waals surface area contributed by atoms with Crippen molar-refractivity contribution >= 4 is 0 Å². The van der Waals surface area contributed by atoms with Gasteiger partial charge in [-0.2, -0.15) is 0 Å². The molecule has 0 bridgehead atoms. The van der Waals surface area contributed by atoms with E-state index in [-0.39, 0.29) is 0 Å². The lowest BCUT2D eigenvalue weighted by atomic mass is 9.89. The molecule has 0 fully saturated rings. The molecule has 0 aliphatic carbocycles. The van der Waals surface area contributed by atoms with Crippen molar-refractivity contribution in [3.05, 3.63) is 35.9 Å². The zero-order valence-corrected chi connectivity index (χ0v) is 8.62. The average Bonchev–Trinajstić information content (AvgIpc) is 2.03. The minimum Gasteiger partial charge on any atom is -0.390 e. The molecule has 0 aromatic heterocycles. The molecule has 1 aromatic carbocycles. The summed E-state index contributed by atoms with van der Waals surface area (Å²) in [5.41, 5.74) is 0.722. The summed E-state index contributed by atoms with van der Waals surface area (Å²) in [6.07, 6.45) is 0.803. The molecule has 1 aromatic rings. The summed E-state index contributed by atoms with van der Waals surface area (Å²) in [4.78, 5) is 0. The van der Waals surface area contributed by atoms with Gasteiger partial charge in [0.2, 0.25) is 0 Å². The summed E-state index contributed by atoms with van der Waals surface area (Å²) in [7, 11) is 0. The molecule has 0 radical (unpaired) electrons. The van der Waals surface area contributed by atoms with Crippen LogP contribution in [0.3, 0.4) is 0 Å². The second-order valence-electron chi connectivity index (χ2n) is 4.33. The molecule has 0 aliphatic heterocycles. The van der Waals surface area contributed by atoms with Crippen LogP contribution in [0.1, 0.15) is 38.7 Å². The topological polar surface area (TPSA) is 20.2 Å². The molecule has 0 amide bonds. The first-order chi connectivity index (χ1) is 5.99. The average molecular weight is 178 g/mol. The van der Waals surface area contributed by atoms with Gasteiger partial charge in [0, 0.05) is 0 Å². The molecular weight excluding hydrogens is 160 g/mol. The van der Waals surface area contributed by atoms with Crippen LogP contribution in [-0.2, 0) is 0 Å². The highest BCUT2D eigenvalue weighted by molar-refractivity contribution is 5.19. The molecular formula is C12H18O. The summed E-state index contributed by atoms with van der Waals surface area (Å²) in [6, 6.07) is 10.3. The molecule has 1 rings (SSSR count). The molecule has 1 nitrogen and oxygen atoms in total. The summed E-state index contributed by atoms with van der Waals surface area (Å²) >= 11 is 0.